The summed E-state index contributed by atoms with van der Waals surface area (Å²) in [5.41, 5.74) is 8.19. The minimum atomic E-state index is -1.15. The molecule has 1 aliphatic carbocycles. The second-order valence-corrected chi connectivity index (χ2v) is 8.06. The van der Waals surface area contributed by atoms with Gasteiger partial charge in [-0.2, -0.15) is 5.10 Å². The Kier molecular flexibility index (Phi) is 4.25. The molecule has 0 spiro atoms. The van der Waals surface area contributed by atoms with Crippen LogP contribution >= 0.6 is 0 Å². The van der Waals surface area contributed by atoms with E-state index in [1.165, 1.54) is 0 Å². The number of fused-ring (bicyclic) bond motifs is 1. The minimum Gasteiger partial charge on any atom is -0.384 e. The molecule has 8 heteroatoms. The molecule has 8 nitrogen and oxygen atoms in total. The first-order chi connectivity index (χ1) is 14.4. The van der Waals surface area contributed by atoms with Gasteiger partial charge >= 0.3 is 0 Å². The number of aromatic nitrogens is 2. The predicted molar refractivity (Wildman–Crippen MR) is 113 cm³/mol. The van der Waals surface area contributed by atoms with E-state index in [4.69, 9.17) is 5.73 Å². The molecule has 154 valence electrons. The van der Waals surface area contributed by atoms with Crippen molar-refractivity contribution in [2.24, 2.45) is 0 Å². The number of nitrogens with two attached hydrogens (primary N) is 1. The monoisotopic (exact) mass is 405 g/mol. The van der Waals surface area contributed by atoms with Crippen molar-refractivity contribution in [3.63, 3.8) is 0 Å². The normalized spacial score (nSPS) is 17.9. The Morgan fingerprint density at radius 2 is 1.60 bits per heavy atom. The second-order valence-electron chi connectivity index (χ2n) is 8.06. The number of hydrogen-bond acceptors (Lipinski definition) is 5. The van der Waals surface area contributed by atoms with E-state index in [-0.39, 0.29) is 11.8 Å². The van der Waals surface area contributed by atoms with Gasteiger partial charge in [-0.15, -0.1) is 0 Å². The fourth-order valence-corrected chi connectivity index (χ4v) is 3.94. The van der Waals surface area contributed by atoms with Gasteiger partial charge < -0.3 is 20.6 Å². The molecule has 1 aliphatic heterocycles. The lowest BCUT2D eigenvalue weighted by molar-refractivity contribution is -0.143. The van der Waals surface area contributed by atoms with Crippen molar-refractivity contribution in [1.82, 2.24) is 20.0 Å². The number of H-pyrrole nitrogens is 1. The maximum Gasteiger partial charge on any atom is 0.254 e. The van der Waals surface area contributed by atoms with Crippen LogP contribution in [0, 0.1) is 0 Å². The molecule has 0 radical (unpaired) electrons. The maximum absolute atomic E-state index is 12.9. The molecule has 0 atom stereocenters. The number of carbonyl (C=O) groups excluding carboxylic acids is 2. The molecule has 2 fully saturated rings. The fraction of sp³-hybridized carbons (Fsp3) is 0.318. The topological polar surface area (TPSA) is 116 Å². The van der Waals surface area contributed by atoms with E-state index >= 15 is 0 Å². The molecule has 1 saturated carbocycles. The van der Waals surface area contributed by atoms with Crippen LogP contribution in [0.1, 0.15) is 23.2 Å². The number of piperazine rings is 1. The SMILES string of the molecule is Nc1[nH]nc2ccc(-c3ccc(C(=O)N4CCN(C(=O)C5(O)CC5)CC4)cc3)cc12. The van der Waals surface area contributed by atoms with Gasteiger partial charge in [-0.25, -0.2) is 0 Å². The molecular formula is C22H23N5O3. The van der Waals surface area contributed by atoms with Crippen LogP contribution in [0.2, 0.25) is 0 Å². The van der Waals surface area contributed by atoms with Gasteiger partial charge in [-0.1, -0.05) is 18.2 Å². The summed E-state index contributed by atoms with van der Waals surface area (Å²) < 4.78 is 0. The van der Waals surface area contributed by atoms with Crippen LogP contribution in [0.4, 0.5) is 5.82 Å². The van der Waals surface area contributed by atoms with Crippen molar-refractivity contribution in [1.29, 1.82) is 0 Å². The Labute approximate surface area is 173 Å². The van der Waals surface area contributed by atoms with Crippen molar-refractivity contribution >= 4 is 28.5 Å². The number of nitrogens with zero attached hydrogens (tertiary/aromatic N) is 3. The van der Waals surface area contributed by atoms with Crippen LogP contribution in [-0.2, 0) is 4.79 Å². The number of aliphatic hydroxyl groups is 1. The van der Waals surface area contributed by atoms with Gasteiger partial charge in [-0.3, -0.25) is 14.7 Å². The highest BCUT2D eigenvalue weighted by Crippen LogP contribution is 2.37. The molecule has 2 amide bonds. The maximum atomic E-state index is 12.9. The van der Waals surface area contributed by atoms with Crippen LogP contribution in [0.25, 0.3) is 22.0 Å². The summed E-state index contributed by atoms with van der Waals surface area (Å²) in [7, 11) is 0. The first kappa shape index (κ1) is 18.6. The molecule has 0 unspecified atom stereocenters. The Morgan fingerprint density at radius 1 is 0.967 bits per heavy atom. The average Bonchev–Trinajstić information content (AvgIpc) is 3.44. The lowest BCUT2D eigenvalue weighted by atomic mass is 10.0. The molecule has 1 aromatic heterocycles. The summed E-state index contributed by atoms with van der Waals surface area (Å²) in [6.45, 7) is 1.85. The minimum absolute atomic E-state index is 0.0479. The molecule has 5 rings (SSSR count). The number of aromatic amines is 1. The van der Waals surface area contributed by atoms with Gasteiger partial charge in [0, 0.05) is 37.1 Å². The van der Waals surface area contributed by atoms with Crippen molar-refractivity contribution in [2.75, 3.05) is 31.9 Å². The Hall–Kier alpha value is -3.39. The fourth-order valence-electron chi connectivity index (χ4n) is 3.94. The standard InChI is InChI=1S/C22H23N5O3/c23-19-17-13-16(5-6-18(17)24-25-19)14-1-3-15(4-2-14)20(28)26-9-11-27(12-10-26)21(29)22(30)7-8-22/h1-6,13,30H,7-12H2,(H3,23,24,25). The third-order valence-electron chi connectivity index (χ3n) is 6.02. The smallest absolute Gasteiger partial charge is 0.254 e. The number of nitrogen functional groups attached to an aromatic ring is 1. The second kappa shape index (κ2) is 6.84. The molecule has 3 aromatic rings. The summed E-state index contributed by atoms with van der Waals surface area (Å²) in [6.07, 6.45) is 1.08. The molecule has 1 saturated heterocycles. The van der Waals surface area contributed by atoms with Gasteiger partial charge in [0.25, 0.3) is 11.8 Å². The Balaban J connectivity index is 1.26. The number of nitrogens with one attached hydrogen (secondary N) is 1. The van der Waals surface area contributed by atoms with Crippen LogP contribution in [0.3, 0.4) is 0 Å². The van der Waals surface area contributed by atoms with E-state index in [9.17, 15) is 14.7 Å². The highest BCUT2D eigenvalue weighted by Gasteiger charge is 2.50. The molecule has 4 N–H and O–H groups in total. The van der Waals surface area contributed by atoms with Crippen molar-refractivity contribution < 1.29 is 14.7 Å². The van der Waals surface area contributed by atoms with Gasteiger partial charge in [0.1, 0.15) is 11.4 Å². The zero-order valence-electron chi connectivity index (χ0n) is 16.5. The Morgan fingerprint density at radius 3 is 2.27 bits per heavy atom. The third-order valence-corrected chi connectivity index (χ3v) is 6.02. The van der Waals surface area contributed by atoms with Crippen LogP contribution in [-0.4, -0.2) is 68.7 Å². The first-order valence-corrected chi connectivity index (χ1v) is 10.1. The summed E-state index contributed by atoms with van der Waals surface area (Å²) in [6, 6.07) is 13.4. The van der Waals surface area contributed by atoms with E-state index in [1.807, 2.05) is 42.5 Å². The Bertz CT molecular complexity index is 1130. The first-order valence-electron chi connectivity index (χ1n) is 10.1. The van der Waals surface area contributed by atoms with Gasteiger partial charge in [0.15, 0.2) is 0 Å². The van der Waals surface area contributed by atoms with Crippen LogP contribution < -0.4 is 5.73 Å². The number of amides is 2. The lowest BCUT2D eigenvalue weighted by Gasteiger charge is -2.35. The van der Waals surface area contributed by atoms with E-state index in [0.717, 1.165) is 22.0 Å². The summed E-state index contributed by atoms with van der Waals surface area (Å²) in [4.78, 5) is 28.5. The van der Waals surface area contributed by atoms with E-state index in [1.54, 1.807) is 9.80 Å². The molecule has 2 aromatic carbocycles. The molecule has 2 heterocycles. The number of rotatable bonds is 3. The average molecular weight is 405 g/mol. The summed E-state index contributed by atoms with van der Waals surface area (Å²) in [5, 5.41) is 17.8. The third kappa shape index (κ3) is 3.19. The molecule has 30 heavy (non-hydrogen) atoms. The number of hydrogen-bond donors (Lipinski definition) is 3. The van der Waals surface area contributed by atoms with E-state index < -0.39 is 5.60 Å². The van der Waals surface area contributed by atoms with Crippen molar-refractivity contribution in [2.45, 2.75) is 18.4 Å². The van der Waals surface area contributed by atoms with E-state index in [2.05, 4.69) is 10.2 Å². The molecular weight excluding hydrogens is 382 g/mol. The largest absolute Gasteiger partial charge is 0.384 e. The zero-order chi connectivity index (χ0) is 20.9. The van der Waals surface area contributed by atoms with E-state index in [0.29, 0.717) is 50.4 Å². The van der Waals surface area contributed by atoms with Crippen molar-refractivity contribution in [3.05, 3.63) is 48.0 Å². The summed E-state index contributed by atoms with van der Waals surface area (Å²) >= 11 is 0. The highest BCUT2D eigenvalue weighted by molar-refractivity contribution is 5.96. The van der Waals surface area contributed by atoms with Gasteiger partial charge in [0.2, 0.25) is 0 Å². The van der Waals surface area contributed by atoms with Crippen molar-refractivity contribution in [3.8, 4) is 11.1 Å². The number of carbonyl (C=O) groups is 2. The van der Waals surface area contributed by atoms with Crippen LogP contribution in [0.5, 0.6) is 0 Å². The molecule has 2 aliphatic rings. The summed E-state index contributed by atoms with van der Waals surface area (Å²) in [5.74, 6) is 0.285. The lowest BCUT2D eigenvalue weighted by Crippen LogP contribution is -2.53. The quantitative estimate of drug-likeness (QED) is 0.612. The zero-order valence-corrected chi connectivity index (χ0v) is 16.5. The van der Waals surface area contributed by atoms with Crippen LogP contribution in [0.15, 0.2) is 42.5 Å². The highest BCUT2D eigenvalue weighted by atomic mass is 16.3. The van der Waals surface area contributed by atoms with Gasteiger partial charge in [0.05, 0.1) is 5.52 Å². The van der Waals surface area contributed by atoms with Gasteiger partial charge in [-0.05, 0) is 48.2 Å². The number of anilines is 1. The molecule has 0 bridgehead atoms. The number of benzene rings is 2. The predicted octanol–water partition coefficient (Wildman–Crippen LogP) is 1.62.